The van der Waals surface area contributed by atoms with E-state index in [1.54, 1.807) is 42.8 Å². The zero-order valence-electron chi connectivity index (χ0n) is 15.4. The van der Waals surface area contributed by atoms with Crippen molar-refractivity contribution < 1.29 is 8.95 Å². The average molecular weight is 399 g/mol. The molecule has 0 spiro atoms. The molecule has 1 saturated heterocycles. The van der Waals surface area contributed by atoms with Gasteiger partial charge in [-0.3, -0.25) is 14.1 Å². The van der Waals surface area contributed by atoms with Crippen LogP contribution in [-0.4, -0.2) is 38.9 Å². The number of fused-ring (bicyclic) bond motifs is 1. The van der Waals surface area contributed by atoms with Crippen LogP contribution < -0.4 is 10.9 Å². The molecule has 2 aromatic heterocycles. The third-order valence-corrected chi connectivity index (χ3v) is 5.27. The maximum Gasteiger partial charge on any atom is 0.261 e. The zero-order valence-corrected chi connectivity index (χ0v) is 16.2. The number of nitriles is 1. The maximum absolute atomic E-state index is 11.8. The third-order valence-electron chi connectivity index (χ3n) is 4.34. The van der Waals surface area contributed by atoms with E-state index in [0.717, 1.165) is 36.6 Å². The number of rotatable bonds is 3. The largest absolute Gasteiger partial charge is 0.381 e. The van der Waals surface area contributed by atoms with Crippen molar-refractivity contribution in [2.75, 3.05) is 24.8 Å². The van der Waals surface area contributed by atoms with E-state index in [1.165, 1.54) is 0 Å². The number of hydrogen-bond donors (Lipinski definition) is 3. The van der Waals surface area contributed by atoms with Crippen LogP contribution in [0.4, 0.5) is 11.5 Å². The summed E-state index contributed by atoms with van der Waals surface area (Å²) in [5, 5.41) is 18.8. The second kappa shape index (κ2) is 9.30. The van der Waals surface area contributed by atoms with Crippen molar-refractivity contribution in [2.24, 2.45) is 5.92 Å². The predicted molar refractivity (Wildman–Crippen MR) is 108 cm³/mol. The van der Waals surface area contributed by atoms with Crippen LogP contribution >= 0.6 is 0 Å². The minimum atomic E-state index is -1.01. The lowest BCUT2D eigenvalue weighted by atomic mass is 10.0. The molecule has 1 unspecified atom stereocenters. The van der Waals surface area contributed by atoms with Crippen molar-refractivity contribution in [3.63, 3.8) is 0 Å². The first-order valence-corrected chi connectivity index (χ1v) is 10.4. The number of aromatic amines is 2. The fraction of sp³-hybridized carbons (Fsp3) is 0.316. The van der Waals surface area contributed by atoms with Crippen LogP contribution in [0.3, 0.4) is 0 Å². The van der Waals surface area contributed by atoms with Crippen molar-refractivity contribution in [3.8, 4) is 6.07 Å². The highest BCUT2D eigenvalue weighted by Crippen LogP contribution is 2.21. The molecule has 3 heterocycles. The molecule has 1 aromatic carbocycles. The van der Waals surface area contributed by atoms with E-state index in [-0.39, 0.29) is 11.5 Å². The van der Waals surface area contributed by atoms with Gasteiger partial charge in [-0.15, -0.1) is 0 Å². The van der Waals surface area contributed by atoms with Crippen LogP contribution in [-0.2, 0) is 15.5 Å². The highest BCUT2D eigenvalue weighted by molar-refractivity contribution is 7.84. The summed E-state index contributed by atoms with van der Waals surface area (Å²) in [4.78, 5) is 15.2. The topological polar surface area (TPSA) is 124 Å². The molecule has 0 saturated carbocycles. The molecular weight excluding hydrogens is 378 g/mol. The number of nitrogens with zero attached hydrogens (tertiary/aromatic N) is 2. The Morgan fingerprint density at radius 2 is 1.96 bits per heavy atom. The molecule has 28 heavy (non-hydrogen) atoms. The molecule has 1 aliphatic heterocycles. The van der Waals surface area contributed by atoms with Crippen molar-refractivity contribution in [1.29, 1.82) is 5.26 Å². The van der Waals surface area contributed by atoms with Crippen LogP contribution in [0.5, 0.6) is 0 Å². The molecule has 4 rings (SSSR count). The van der Waals surface area contributed by atoms with E-state index in [2.05, 4.69) is 26.6 Å². The lowest BCUT2D eigenvalue weighted by molar-refractivity contribution is 0.0802. The highest BCUT2D eigenvalue weighted by Gasteiger charge is 2.11. The van der Waals surface area contributed by atoms with Gasteiger partial charge in [-0.1, -0.05) is 0 Å². The van der Waals surface area contributed by atoms with Gasteiger partial charge in [0.1, 0.15) is 5.39 Å². The van der Waals surface area contributed by atoms with Crippen molar-refractivity contribution in [2.45, 2.75) is 17.7 Å². The van der Waals surface area contributed by atoms with Crippen LogP contribution in [0, 0.1) is 17.2 Å². The Labute approximate surface area is 164 Å². The number of hydrogen-bond acceptors (Lipinski definition) is 6. The lowest BCUT2D eigenvalue weighted by Gasteiger charge is -2.14. The monoisotopic (exact) mass is 399 g/mol. The van der Waals surface area contributed by atoms with Gasteiger partial charge in [0.05, 0.1) is 17.5 Å². The Morgan fingerprint density at radius 3 is 2.57 bits per heavy atom. The molecular formula is C19H21N5O3S. The van der Waals surface area contributed by atoms with Crippen molar-refractivity contribution in [3.05, 3.63) is 46.9 Å². The minimum Gasteiger partial charge on any atom is -0.381 e. The van der Waals surface area contributed by atoms with Crippen LogP contribution in [0.25, 0.3) is 10.9 Å². The Bertz CT molecular complexity index is 1050. The van der Waals surface area contributed by atoms with E-state index >= 15 is 0 Å². The van der Waals surface area contributed by atoms with Gasteiger partial charge in [0.25, 0.3) is 5.56 Å². The summed E-state index contributed by atoms with van der Waals surface area (Å²) in [5.74, 6) is 0.732. The number of nitrogens with one attached hydrogen (secondary N) is 3. The lowest BCUT2D eigenvalue weighted by Crippen LogP contribution is -2.13. The number of pyridine rings is 1. The smallest absolute Gasteiger partial charge is 0.261 e. The molecule has 1 atom stereocenters. The Balaban J connectivity index is 0.000000236. The van der Waals surface area contributed by atoms with Gasteiger partial charge >= 0.3 is 0 Å². The van der Waals surface area contributed by atoms with Crippen molar-refractivity contribution >= 4 is 33.2 Å². The molecule has 9 heteroatoms. The number of aromatic nitrogens is 3. The van der Waals surface area contributed by atoms with Gasteiger partial charge in [0, 0.05) is 47.0 Å². The summed E-state index contributed by atoms with van der Waals surface area (Å²) in [6.07, 6.45) is 5.05. The van der Waals surface area contributed by atoms with Gasteiger partial charge < -0.3 is 15.0 Å². The molecule has 1 fully saturated rings. The first-order valence-electron chi connectivity index (χ1n) is 8.82. The van der Waals surface area contributed by atoms with Gasteiger partial charge in [0.15, 0.2) is 5.82 Å². The Morgan fingerprint density at radius 1 is 1.25 bits per heavy atom. The summed E-state index contributed by atoms with van der Waals surface area (Å²) in [6.45, 7) is 1.55. The fourth-order valence-corrected chi connectivity index (χ4v) is 3.28. The van der Waals surface area contributed by atoms with E-state index in [0.29, 0.717) is 16.7 Å². The van der Waals surface area contributed by atoms with Gasteiger partial charge in [-0.05, 0) is 43.2 Å². The first-order chi connectivity index (χ1) is 13.6. The third kappa shape index (κ3) is 4.85. The second-order valence-corrected chi connectivity index (χ2v) is 7.67. The quantitative estimate of drug-likeness (QED) is 0.622. The molecule has 0 aliphatic carbocycles. The average Bonchev–Trinajstić information content (AvgIpc) is 3.13. The van der Waals surface area contributed by atoms with Crippen LogP contribution in [0.15, 0.2) is 46.2 Å². The minimum absolute atomic E-state index is 0.204. The maximum atomic E-state index is 11.8. The fourth-order valence-electron chi connectivity index (χ4n) is 2.76. The molecule has 8 nitrogen and oxygen atoms in total. The van der Waals surface area contributed by atoms with Gasteiger partial charge in [-0.2, -0.15) is 10.4 Å². The number of ether oxygens (including phenoxy) is 1. The van der Waals surface area contributed by atoms with E-state index in [9.17, 15) is 9.00 Å². The predicted octanol–water partition coefficient (Wildman–Crippen LogP) is 2.67. The van der Waals surface area contributed by atoms with Crippen molar-refractivity contribution in [1.82, 2.24) is 15.2 Å². The standard InChI is InChI=1S/C13H12N4O2S.C6H9NO/c1-20(19)9-4-2-8(3-5-9)15-12-11-10(16-17-12)6-7-14-13(11)18;7-5-6-1-3-8-4-2-6/h2-7H,1H3,(H,14,18)(H2,15,16,17);6H,1-4H2. The summed E-state index contributed by atoms with van der Waals surface area (Å²) in [6, 6.07) is 11.1. The molecule has 0 amide bonds. The summed E-state index contributed by atoms with van der Waals surface area (Å²) < 4.78 is 16.4. The van der Waals surface area contributed by atoms with Crippen LogP contribution in [0.2, 0.25) is 0 Å². The van der Waals surface area contributed by atoms with E-state index < -0.39 is 10.8 Å². The van der Waals surface area contributed by atoms with Gasteiger partial charge in [0.2, 0.25) is 0 Å². The number of H-pyrrole nitrogens is 2. The zero-order chi connectivity index (χ0) is 19.9. The van der Waals surface area contributed by atoms with Crippen LogP contribution in [0.1, 0.15) is 12.8 Å². The molecule has 3 N–H and O–H groups in total. The number of benzene rings is 1. The number of anilines is 2. The normalized spacial score (nSPS) is 15.3. The highest BCUT2D eigenvalue weighted by atomic mass is 32.2. The molecule has 146 valence electrons. The molecule has 0 bridgehead atoms. The SMILES string of the molecule is CS(=O)c1ccc(Nc2n[nH]c3cc[nH]c(=O)c23)cc1.N#CC1CCOCC1. The summed E-state index contributed by atoms with van der Waals surface area (Å²) in [7, 11) is -1.01. The van der Waals surface area contributed by atoms with Gasteiger partial charge in [-0.25, -0.2) is 0 Å². The summed E-state index contributed by atoms with van der Waals surface area (Å²) in [5.41, 5.74) is 1.24. The summed E-state index contributed by atoms with van der Waals surface area (Å²) >= 11 is 0. The second-order valence-electron chi connectivity index (χ2n) is 6.29. The first kappa shape index (κ1) is 19.8. The molecule has 1 aliphatic rings. The molecule has 3 aromatic rings. The molecule has 0 radical (unpaired) electrons. The Kier molecular flexibility index (Phi) is 6.57. The Hall–Kier alpha value is -2.96. The van der Waals surface area contributed by atoms with E-state index in [4.69, 9.17) is 10.00 Å². The van der Waals surface area contributed by atoms with E-state index in [1.807, 2.05) is 0 Å².